The Morgan fingerprint density at radius 1 is 1.62 bits per heavy atom. The molecule has 2 rings (SSSR count). The van der Waals surface area contributed by atoms with Crippen molar-refractivity contribution in [2.75, 3.05) is 0 Å². The second kappa shape index (κ2) is 3.98. The Morgan fingerprint density at radius 2 is 2.46 bits per heavy atom. The zero-order valence-corrected chi connectivity index (χ0v) is 10.2. The van der Waals surface area contributed by atoms with Crippen molar-refractivity contribution in [1.29, 1.82) is 0 Å². The number of halogens is 2. The third-order valence-corrected chi connectivity index (χ3v) is 3.54. The second-order valence-electron chi connectivity index (χ2n) is 2.39. The van der Waals surface area contributed by atoms with Crippen LogP contribution in [0.5, 0.6) is 0 Å². The van der Waals surface area contributed by atoms with E-state index in [1.807, 2.05) is 5.38 Å². The average Bonchev–Trinajstić information content (AvgIpc) is 2.71. The first-order valence-electron chi connectivity index (χ1n) is 3.54. The smallest absolute Gasteiger partial charge is 0.209 e. The zero-order valence-electron chi connectivity index (χ0n) is 6.46. The van der Waals surface area contributed by atoms with E-state index in [1.165, 1.54) is 2.88 Å². The van der Waals surface area contributed by atoms with E-state index in [0.29, 0.717) is 11.8 Å². The number of rotatable bonds is 2. The molecule has 0 aliphatic rings. The third-order valence-electron chi connectivity index (χ3n) is 1.52. The molecule has 0 radical (unpaired) electrons. The van der Waals surface area contributed by atoms with Crippen molar-refractivity contribution in [1.82, 2.24) is 4.98 Å². The summed E-state index contributed by atoms with van der Waals surface area (Å²) in [5.74, 6) is 1.68. The van der Waals surface area contributed by atoms with Gasteiger partial charge in [0.25, 0.3) is 0 Å². The summed E-state index contributed by atoms with van der Waals surface area (Å²) in [7, 11) is 0. The molecule has 13 heavy (non-hydrogen) atoms. The van der Waals surface area contributed by atoms with Gasteiger partial charge >= 0.3 is 0 Å². The van der Waals surface area contributed by atoms with Crippen LogP contribution in [0.15, 0.2) is 22.1 Å². The Bertz CT molecular complexity index is 412. The van der Waals surface area contributed by atoms with E-state index >= 15 is 0 Å². The Labute approximate surface area is 98.1 Å². The molecule has 0 saturated heterocycles. The topological polar surface area (TPSA) is 26.0 Å². The Balaban J connectivity index is 2.35. The molecule has 0 saturated carbocycles. The van der Waals surface area contributed by atoms with Gasteiger partial charge in [-0.1, -0.05) is 0 Å². The van der Waals surface area contributed by atoms with Gasteiger partial charge in [-0.3, -0.25) is 0 Å². The summed E-state index contributed by atoms with van der Waals surface area (Å²) in [4.78, 5) is 4.02. The lowest BCUT2D eigenvalue weighted by Crippen LogP contribution is -1.70. The van der Waals surface area contributed by atoms with Gasteiger partial charge in [0.2, 0.25) is 5.89 Å². The van der Waals surface area contributed by atoms with Crippen LogP contribution in [0, 0.1) is 2.88 Å². The van der Waals surface area contributed by atoms with Crippen molar-refractivity contribution < 1.29 is 4.42 Å². The summed E-state index contributed by atoms with van der Waals surface area (Å²) in [6.45, 7) is 0. The Morgan fingerprint density at radius 3 is 3.00 bits per heavy atom. The molecule has 0 amide bonds. The predicted molar refractivity (Wildman–Crippen MR) is 62.1 cm³/mol. The zero-order chi connectivity index (χ0) is 9.26. The number of hydrogen-bond acceptors (Lipinski definition) is 3. The first-order valence-corrected chi connectivity index (χ1v) is 6.04. The fourth-order valence-electron chi connectivity index (χ4n) is 0.945. The number of oxazole rings is 1. The molecule has 2 nitrogen and oxygen atoms in total. The molecule has 2 aromatic rings. The molecule has 2 aromatic heterocycles. The minimum Gasteiger partial charge on any atom is -0.439 e. The maximum absolute atomic E-state index is 5.58. The number of thiophene rings is 1. The van der Waals surface area contributed by atoms with E-state index in [1.54, 1.807) is 17.5 Å². The molecule has 0 aliphatic carbocycles. The minimum absolute atomic E-state index is 0.321. The van der Waals surface area contributed by atoms with E-state index in [9.17, 15) is 0 Å². The van der Waals surface area contributed by atoms with Gasteiger partial charge in [-0.25, -0.2) is 4.98 Å². The summed E-state index contributed by atoms with van der Waals surface area (Å²) < 4.78 is 6.63. The normalized spacial score (nSPS) is 10.6. The Kier molecular flexibility index (Phi) is 2.90. The standard InChI is InChI=1S/C8H5ClINOS/c9-2-8-11-3-6(12-8)5-1-7(10)13-4-5/h1,3-4H,2H2. The van der Waals surface area contributed by atoms with Crippen LogP contribution < -0.4 is 0 Å². The van der Waals surface area contributed by atoms with Crippen molar-refractivity contribution >= 4 is 45.5 Å². The molecule has 0 spiro atoms. The van der Waals surface area contributed by atoms with Crippen molar-refractivity contribution in [2.45, 2.75) is 5.88 Å². The van der Waals surface area contributed by atoms with Gasteiger partial charge in [0.1, 0.15) is 0 Å². The van der Waals surface area contributed by atoms with Crippen LogP contribution in [0.25, 0.3) is 11.3 Å². The highest BCUT2D eigenvalue weighted by atomic mass is 127. The van der Waals surface area contributed by atoms with Crippen molar-refractivity contribution in [3.05, 3.63) is 26.4 Å². The van der Waals surface area contributed by atoms with Crippen molar-refractivity contribution in [2.24, 2.45) is 0 Å². The molecule has 0 N–H and O–H groups in total. The summed E-state index contributed by atoms with van der Waals surface area (Å²) in [6, 6.07) is 2.06. The second-order valence-corrected chi connectivity index (χ2v) is 5.46. The lowest BCUT2D eigenvalue weighted by molar-refractivity contribution is 0.529. The molecule has 0 aromatic carbocycles. The van der Waals surface area contributed by atoms with E-state index in [-0.39, 0.29) is 0 Å². The molecule has 0 bridgehead atoms. The van der Waals surface area contributed by atoms with Crippen molar-refractivity contribution in [3.63, 3.8) is 0 Å². The molecule has 5 heteroatoms. The highest BCUT2D eigenvalue weighted by Crippen LogP contribution is 2.27. The lowest BCUT2D eigenvalue weighted by Gasteiger charge is -1.87. The molecule has 0 unspecified atom stereocenters. The van der Waals surface area contributed by atoms with Gasteiger partial charge in [0.05, 0.1) is 15.0 Å². The minimum atomic E-state index is 0.321. The van der Waals surface area contributed by atoms with Crippen LogP contribution in [-0.4, -0.2) is 4.98 Å². The summed E-state index contributed by atoms with van der Waals surface area (Å²) in [5.41, 5.74) is 1.07. The maximum atomic E-state index is 5.58. The van der Waals surface area contributed by atoms with E-state index in [4.69, 9.17) is 16.0 Å². The van der Waals surface area contributed by atoms with E-state index in [0.717, 1.165) is 11.3 Å². The SMILES string of the molecule is ClCc1ncc(-c2csc(I)c2)o1. The number of hydrogen-bond donors (Lipinski definition) is 0. The van der Waals surface area contributed by atoms with E-state index < -0.39 is 0 Å². The van der Waals surface area contributed by atoms with Crippen LogP contribution in [0.1, 0.15) is 5.89 Å². The van der Waals surface area contributed by atoms with Crippen LogP contribution in [0.3, 0.4) is 0 Å². The van der Waals surface area contributed by atoms with Crippen LogP contribution >= 0.6 is 45.5 Å². The van der Waals surface area contributed by atoms with Gasteiger partial charge in [-0.05, 0) is 28.7 Å². The fraction of sp³-hybridized carbons (Fsp3) is 0.125. The number of nitrogens with zero attached hydrogens (tertiary/aromatic N) is 1. The van der Waals surface area contributed by atoms with Crippen molar-refractivity contribution in [3.8, 4) is 11.3 Å². The van der Waals surface area contributed by atoms with Gasteiger partial charge in [0, 0.05) is 10.9 Å². The molecule has 68 valence electrons. The maximum Gasteiger partial charge on any atom is 0.209 e. The van der Waals surface area contributed by atoms with Gasteiger partial charge in [0.15, 0.2) is 5.76 Å². The Hall–Kier alpha value is -0.0700. The first-order chi connectivity index (χ1) is 6.29. The summed E-state index contributed by atoms with van der Waals surface area (Å²) >= 11 is 9.53. The highest BCUT2D eigenvalue weighted by molar-refractivity contribution is 14.1. The molecular formula is C8H5ClINOS. The third kappa shape index (κ3) is 2.05. The number of aromatic nitrogens is 1. The average molecular weight is 326 g/mol. The predicted octanol–water partition coefficient (Wildman–Crippen LogP) is 3.75. The van der Waals surface area contributed by atoms with Crippen LogP contribution in [0.4, 0.5) is 0 Å². The summed E-state index contributed by atoms with van der Waals surface area (Å²) in [5, 5.41) is 2.04. The quantitative estimate of drug-likeness (QED) is 0.621. The largest absolute Gasteiger partial charge is 0.439 e. The summed E-state index contributed by atoms with van der Waals surface area (Å²) in [6.07, 6.45) is 1.70. The van der Waals surface area contributed by atoms with Crippen LogP contribution in [-0.2, 0) is 5.88 Å². The molecule has 2 heterocycles. The molecule has 0 fully saturated rings. The van der Waals surface area contributed by atoms with Gasteiger partial charge < -0.3 is 4.42 Å². The van der Waals surface area contributed by atoms with Gasteiger partial charge in [-0.2, -0.15) is 0 Å². The molecular weight excluding hydrogens is 321 g/mol. The first kappa shape index (κ1) is 9.48. The molecule has 0 aliphatic heterocycles. The fourth-order valence-corrected chi connectivity index (χ4v) is 2.40. The highest BCUT2D eigenvalue weighted by Gasteiger charge is 2.06. The van der Waals surface area contributed by atoms with Gasteiger partial charge in [-0.15, -0.1) is 22.9 Å². The van der Waals surface area contributed by atoms with E-state index in [2.05, 4.69) is 33.6 Å². The number of alkyl halides is 1. The monoisotopic (exact) mass is 325 g/mol. The molecule has 0 atom stereocenters. The lowest BCUT2D eigenvalue weighted by atomic mass is 10.3. The van der Waals surface area contributed by atoms with Crippen LogP contribution in [0.2, 0.25) is 0 Å².